The minimum atomic E-state index is -0.773. The maximum Gasteiger partial charge on any atom is 0.410 e. The van der Waals surface area contributed by atoms with Gasteiger partial charge in [0.25, 0.3) is 5.91 Å². The molecule has 168 valence electrons. The number of carbonyl (C=O) groups excluding carboxylic acids is 4. The molecule has 0 spiro atoms. The van der Waals surface area contributed by atoms with Crippen molar-refractivity contribution < 1.29 is 28.7 Å². The van der Waals surface area contributed by atoms with Crippen molar-refractivity contribution in [1.82, 2.24) is 9.80 Å². The number of fused-ring (bicyclic) bond motifs is 1. The van der Waals surface area contributed by atoms with E-state index in [1.165, 1.54) is 11.8 Å². The van der Waals surface area contributed by atoms with Crippen molar-refractivity contribution in [2.24, 2.45) is 0 Å². The summed E-state index contributed by atoms with van der Waals surface area (Å²) in [6.45, 7) is 9.76. The number of piperazine rings is 1. The third-order valence-electron chi connectivity index (χ3n) is 5.23. The maximum absolute atomic E-state index is 13.2. The number of ether oxygens (including phenoxy) is 2. The number of anilines is 1. The summed E-state index contributed by atoms with van der Waals surface area (Å²) < 4.78 is 10.9. The number of rotatable bonds is 3. The summed E-state index contributed by atoms with van der Waals surface area (Å²) in [6.07, 6.45) is -0.401. The Hall–Kier alpha value is -3.10. The van der Waals surface area contributed by atoms with Crippen LogP contribution in [0.3, 0.4) is 0 Å². The highest BCUT2D eigenvalue weighted by Gasteiger charge is 2.37. The normalized spacial score (nSPS) is 17.6. The lowest BCUT2D eigenvalue weighted by molar-refractivity contribution is -0.136. The number of nitrogens with zero attached hydrogens (tertiary/aromatic N) is 3. The minimum absolute atomic E-state index is 0.141. The molecule has 0 N–H and O–H groups in total. The van der Waals surface area contributed by atoms with Crippen LogP contribution in [0.15, 0.2) is 18.2 Å². The molecule has 1 saturated heterocycles. The van der Waals surface area contributed by atoms with Gasteiger partial charge in [0, 0.05) is 31.7 Å². The minimum Gasteiger partial charge on any atom is -0.482 e. The first kappa shape index (κ1) is 22.6. The van der Waals surface area contributed by atoms with Gasteiger partial charge in [0.15, 0.2) is 12.4 Å². The van der Waals surface area contributed by atoms with Crippen LogP contribution in [0.4, 0.5) is 10.5 Å². The van der Waals surface area contributed by atoms with Gasteiger partial charge in [-0.1, -0.05) is 0 Å². The standard InChI is InChI=1S/C22H29N3O6/c1-14(20(28)23-8-10-24(11-9-23)21(29)31-22(3,4)5)25-17-12-16(15(2)26)6-7-18(17)30-13-19(25)27/h6-7,12,14H,8-11,13H2,1-5H3/t14-/m0/s1. The molecule has 0 aromatic heterocycles. The lowest BCUT2D eigenvalue weighted by atomic mass is 10.1. The molecule has 1 fully saturated rings. The molecule has 3 rings (SSSR count). The summed E-state index contributed by atoms with van der Waals surface area (Å²) in [7, 11) is 0. The van der Waals surface area contributed by atoms with Crippen molar-refractivity contribution in [2.75, 3.05) is 37.7 Å². The molecule has 0 bridgehead atoms. The Balaban J connectivity index is 1.71. The second-order valence-electron chi connectivity index (χ2n) is 8.76. The molecule has 1 aromatic carbocycles. The molecular weight excluding hydrogens is 402 g/mol. The third-order valence-corrected chi connectivity index (χ3v) is 5.23. The molecule has 1 aromatic rings. The number of ketones is 1. The summed E-state index contributed by atoms with van der Waals surface area (Å²) in [5, 5.41) is 0. The lowest BCUT2D eigenvalue weighted by Crippen LogP contribution is -2.57. The number of hydrogen-bond donors (Lipinski definition) is 0. The Bertz CT molecular complexity index is 899. The first-order valence-electron chi connectivity index (χ1n) is 10.3. The van der Waals surface area contributed by atoms with Crippen molar-refractivity contribution in [2.45, 2.75) is 46.3 Å². The van der Waals surface area contributed by atoms with Crippen LogP contribution in [0.5, 0.6) is 5.75 Å². The van der Waals surface area contributed by atoms with Crippen LogP contribution < -0.4 is 9.64 Å². The first-order chi connectivity index (χ1) is 14.5. The van der Waals surface area contributed by atoms with Gasteiger partial charge in [-0.2, -0.15) is 0 Å². The van der Waals surface area contributed by atoms with E-state index in [-0.39, 0.29) is 24.2 Å². The van der Waals surface area contributed by atoms with Gasteiger partial charge in [0.1, 0.15) is 17.4 Å². The predicted octanol–water partition coefficient (Wildman–Crippen LogP) is 2.08. The zero-order valence-electron chi connectivity index (χ0n) is 18.6. The van der Waals surface area contributed by atoms with E-state index in [0.29, 0.717) is 43.2 Å². The molecular formula is C22H29N3O6. The van der Waals surface area contributed by atoms with Crippen molar-refractivity contribution in [1.29, 1.82) is 0 Å². The van der Waals surface area contributed by atoms with E-state index in [9.17, 15) is 19.2 Å². The van der Waals surface area contributed by atoms with Crippen LogP contribution in [0.25, 0.3) is 0 Å². The van der Waals surface area contributed by atoms with Gasteiger partial charge in [-0.3, -0.25) is 19.3 Å². The molecule has 0 aliphatic carbocycles. The van der Waals surface area contributed by atoms with Gasteiger partial charge >= 0.3 is 6.09 Å². The zero-order valence-corrected chi connectivity index (χ0v) is 18.6. The summed E-state index contributed by atoms with van der Waals surface area (Å²) in [5.74, 6) is -0.253. The molecule has 9 heteroatoms. The lowest BCUT2D eigenvalue weighted by Gasteiger charge is -2.39. The second-order valence-corrected chi connectivity index (χ2v) is 8.76. The largest absolute Gasteiger partial charge is 0.482 e. The monoisotopic (exact) mass is 431 g/mol. The van der Waals surface area contributed by atoms with E-state index < -0.39 is 17.7 Å². The number of hydrogen-bond acceptors (Lipinski definition) is 6. The summed E-state index contributed by atoms with van der Waals surface area (Å²) in [5.41, 5.74) is 0.270. The maximum atomic E-state index is 13.2. The van der Waals surface area contributed by atoms with Crippen molar-refractivity contribution >= 4 is 29.4 Å². The molecule has 2 aliphatic rings. The predicted molar refractivity (Wildman–Crippen MR) is 113 cm³/mol. The van der Waals surface area contributed by atoms with Crippen LogP contribution in [0.2, 0.25) is 0 Å². The van der Waals surface area contributed by atoms with Crippen molar-refractivity contribution in [3.63, 3.8) is 0 Å². The van der Waals surface area contributed by atoms with E-state index in [2.05, 4.69) is 0 Å². The Kier molecular flexibility index (Phi) is 6.24. The van der Waals surface area contributed by atoms with Crippen molar-refractivity contribution in [3.8, 4) is 5.75 Å². The first-order valence-corrected chi connectivity index (χ1v) is 10.3. The average molecular weight is 431 g/mol. The molecule has 2 aliphatic heterocycles. The van der Waals surface area contributed by atoms with E-state index in [4.69, 9.17) is 9.47 Å². The highest BCUT2D eigenvalue weighted by Crippen LogP contribution is 2.35. The molecule has 1 atom stereocenters. The number of carbonyl (C=O) groups is 4. The quantitative estimate of drug-likeness (QED) is 0.680. The van der Waals surface area contributed by atoms with Crippen LogP contribution >= 0.6 is 0 Å². The van der Waals surface area contributed by atoms with Crippen LogP contribution in [-0.4, -0.2) is 77.9 Å². The zero-order chi connectivity index (χ0) is 22.9. The van der Waals surface area contributed by atoms with Gasteiger partial charge in [-0.15, -0.1) is 0 Å². The second kappa shape index (κ2) is 8.56. The SMILES string of the molecule is CC(=O)c1ccc2c(c1)N([C@@H](C)C(=O)N1CCN(C(=O)OC(C)(C)C)CC1)C(=O)CO2. The fourth-order valence-electron chi connectivity index (χ4n) is 3.63. The van der Waals surface area contributed by atoms with Crippen molar-refractivity contribution in [3.05, 3.63) is 23.8 Å². The molecule has 31 heavy (non-hydrogen) atoms. The van der Waals surface area contributed by atoms with Gasteiger partial charge < -0.3 is 19.3 Å². The highest BCUT2D eigenvalue weighted by atomic mass is 16.6. The van der Waals surface area contributed by atoms with E-state index in [0.717, 1.165) is 0 Å². The molecule has 2 heterocycles. The average Bonchev–Trinajstić information content (AvgIpc) is 2.71. The smallest absolute Gasteiger partial charge is 0.410 e. The van der Waals surface area contributed by atoms with Crippen LogP contribution in [0, 0.1) is 0 Å². The van der Waals surface area contributed by atoms with Gasteiger partial charge in [-0.25, -0.2) is 4.79 Å². The number of benzene rings is 1. The Morgan fingerprint density at radius 2 is 1.68 bits per heavy atom. The Labute approximate surface area is 181 Å². The fourth-order valence-corrected chi connectivity index (χ4v) is 3.63. The topological polar surface area (TPSA) is 96.5 Å². The summed E-state index contributed by atoms with van der Waals surface area (Å²) >= 11 is 0. The van der Waals surface area contributed by atoms with Gasteiger partial charge in [-0.05, 0) is 52.8 Å². The van der Waals surface area contributed by atoms with Crippen LogP contribution in [-0.2, 0) is 14.3 Å². The van der Waals surface area contributed by atoms with E-state index in [1.807, 2.05) is 0 Å². The molecule has 0 radical (unpaired) electrons. The molecule has 0 saturated carbocycles. The van der Waals surface area contributed by atoms with Gasteiger partial charge in [0.2, 0.25) is 5.91 Å². The number of amides is 3. The van der Waals surface area contributed by atoms with E-state index >= 15 is 0 Å². The molecule has 3 amide bonds. The Morgan fingerprint density at radius 3 is 2.26 bits per heavy atom. The fraction of sp³-hybridized carbons (Fsp3) is 0.545. The van der Waals surface area contributed by atoms with Crippen LogP contribution in [0.1, 0.15) is 45.0 Å². The molecule has 9 nitrogen and oxygen atoms in total. The number of Topliss-reactive ketones (excluding diaryl/α,β-unsaturated/α-hetero) is 1. The summed E-state index contributed by atoms with van der Waals surface area (Å²) in [6, 6.07) is 4.09. The van der Waals surface area contributed by atoms with E-state index in [1.54, 1.807) is 55.7 Å². The highest BCUT2D eigenvalue weighted by molar-refractivity contribution is 6.05. The van der Waals surface area contributed by atoms with Gasteiger partial charge in [0.05, 0.1) is 5.69 Å². The summed E-state index contributed by atoms with van der Waals surface area (Å²) in [4.78, 5) is 54.4. The Morgan fingerprint density at radius 1 is 1.06 bits per heavy atom. The third kappa shape index (κ3) is 4.98. The molecule has 0 unspecified atom stereocenters.